The molecule has 0 bridgehead atoms. The van der Waals surface area contributed by atoms with Gasteiger partial charge in [0.05, 0.1) is 6.54 Å². The number of hydrogen-bond donors (Lipinski definition) is 1. The Morgan fingerprint density at radius 2 is 1.58 bits per heavy atom. The molecule has 1 heterocycles. The lowest BCUT2D eigenvalue weighted by atomic mass is 10.2. The summed E-state index contributed by atoms with van der Waals surface area (Å²) in [4.78, 5) is 13.8. The third-order valence-corrected chi connectivity index (χ3v) is 4.29. The van der Waals surface area contributed by atoms with Crippen LogP contribution in [0.25, 0.3) is 0 Å². The molecule has 0 radical (unpaired) electrons. The second-order valence-electron chi connectivity index (χ2n) is 5.87. The zero-order chi connectivity index (χ0) is 25.8. The van der Waals surface area contributed by atoms with Gasteiger partial charge in [-0.3, -0.25) is 9.69 Å². The molecule has 2 aromatic carbocycles. The summed E-state index contributed by atoms with van der Waals surface area (Å²) in [5.74, 6) is 0.987. The lowest BCUT2D eigenvalue weighted by Crippen LogP contribution is -2.34. The van der Waals surface area contributed by atoms with Gasteiger partial charge in [-0.25, -0.2) is 4.39 Å². The van der Waals surface area contributed by atoms with Crippen molar-refractivity contribution in [3.63, 3.8) is 0 Å². The quantitative estimate of drug-likeness (QED) is 0.431. The van der Waals surface area contributed by atoms with Crippen LogP contribution >= 0.6 is 15.9 Å². The summed E-state index contributed by atoms with van der Waals surface area (Å²) in [6, 6.07) is 10.5. The van der Waals surface area contributed by atoms with Crippen LogP contribution in [0, 0.1) is 5.82 Å². The van der Waals surface area contributed by atoms with Crippen molar-refractivity contribution in [2.75, 3.05) is 20.4 Å². The monoisotopic (exact) mass is 528 g/mol. The van der Waals surface area contributed by atoms with Crippen LogP contribution in [0.5, 0.6) is 11.5 Å². The molecule has 1 N–H and O–H groups in total. The van der Waals surface area contributed by atoms with E-state index in [1.165, 1.54) is 6.07 Å². The highest BCUT2D eigenvalue weighted by Crippen LogP contribution is 2.32. The number of rotatable bonds is 6. The van der Waals surface area contributed by atoms with E-state index >= 15 is 0 Å². The minimum absolute atomic E-state index is 0.127. The van der Waals surface area contributed by atoms with Crippen LogP contribution in [-0.4, -0.2) is 31.2 Å². The highest BCUT2D eigenvalue weighted by molar-refractivity contribution is 9.10. The predicted octanol–water partition coefficient (Wildman–Crippen LogP) is 7.17. The fourth-order valence-electron chi connectivity index (χ4n) is 2.55. The van der Waals surface area contributed by atoms with E-state index < -0.39 is 0 Å². The Morgan fingerprint density at radius 1 is 0.970 bits per heavy atom. The third kappa shape index (κ3) is 12.6. The van der Waals surface area contributed by atoms with E-state index in [1.807, 2.05) is 73.6 Å². The average Bonchev–Trinajstić information content (AvgIpc) is 3.33. The normalized spacial score (nSPS) is 10.2. The van der Waals surface area contributed by atoms with Crippen molar-refractivity contribution in [2.45, 2.75) is 68.5 Å². The number of amides is 1. The number of benzene rings is 2. The van der Waals surface area contributed by atoms with Gasteiger partial charge in [0, 0.05) is 23.1 Å². The summed E-state index contributed by atoms with van der Waals surface area (Å²) in [5.41, 5.74) is 1.48. The molecule has 0 aliphatic carbocycles. The second-order valence-corrected chi connectivity index (χ2v) is 6.79. The average molecular weight is 530 g/mol. The predicted molar refractivity (Wildman–Crippen MR) is 140 cm³/mol. The van der Waals surface area contributed by atoms with Gasteiger partial charge < -0.3 is 14.8 Å². The third-order valence-electron chi connectivity index (χ3n) is 3.80. The van der Waals surface area contributed by atoms with Crippen LogP contribution in [0.4, 0.5) is 4.39 Å². The first-order valence-electron chi connectivity index (χ1n) is 11.8. The highest BCUT2D eigenvalue weighted by Gasteiger charge is 2.14. The van der Waals surface area contributed by atoms with Gasteiger partial charge >= 0.3 is 0 Å². The first kappa shape index (κ1) is 33.1. The maximum Gasteiger partial charge on any atom is 0.234 e. The Kier molecular flexibility index (Phi) is 20.5. The molecule has 5 nitrogen and oxygen atoms in total. The number of carbonyl (C=O) groups is 1. The number of likely N-dealkylation sites (N-methyl/N-ethyl adjacent to an activating group) is 1. The molecule has 3 rings (SSSR count). The van der Waals surface area contributed by atoms with Gasteiger partial charge in [-0.05, 0) is 36.9 Å². The molecule has 0 unspecified atom stereocenters. The van der Waals surface area contributed by atoms with Crippen molar-refractivity contribution in [1.29, 1.82) is 0 Å². The minimum atomic E-state index is -0.290. The van der Waals surface area contributed by atoms with E-state index in [0.717, 1.165) is 5.56 Å². The highest BCUT2D eigenvalue weighted by atomic mass is 79.9. The van der Waals surface area contributed by atoms with Gasteiger partial charge in [0.15, 0.2) is 11.5 Å². The van der Waals surface area contributed by atoms with Crippen molar-refractivity contribution in [3.05, 3.63) is 57.8 Å². The van der Waals surface area contributed by atoms with Crippen LogP contribution < -0.4 is 14.8 Å². The van der Waals surface area contributed by atoms with E-state index in [-0.39, 0.29) is 25.1 Å². The van der Waals surface area contributed by atoms with E-state index in [1.54, 1.807) is 24.1 Å². The molecule has 0 atom stereocenters. The number of hydrogen-bond acceptors (Lipinski definition) is 4. The first-order chi connectivity index (χ1) is 16.0. The zero-order valence-corrected chi connectivity index (χ0v) is 23.3. The number of halogens is 2. The van der Waals surface area contributed by atoms with E-state index in [9.17, 15) is 9.18 Å². The van der Waals surface area contributed by atoms with Gasteiger partial charge in [-0.2, -0.15) is 0 Å². The topological polar surface area (TPSA) is 50.8 Å². The Morgan fingerprint density at radius 3 is 2.18 bits per heavy atom. The molecule has 0 spiro atoms. The summed E-state index contributed by atoms with van der Waals surface area (Å²) in [6.07, 6.45) is 0. The van der Waals surface area contributed by atoms with Gasteiger partial charge in [0.1, 0.15) is 5.82 Å². The van der Waals surface area contributed by atoms with Crippen LogP contribution in [0.3, 0.4) is 0 Å². The molecule has 1 aliphatic rings. The van der Waals surface area contributed by atoms with Crippen LogP contribution in [-0.2, 0) is 17.9 Å². The number of nitrogens with one attached hydrogen (secondary N) is 1. The number of ether oxygens (including phenoxy) is 2. The van der Waals surface area contributed by atoms with E-state index in [0.29, 0.717) is 34.6 Å². The molecular formula is C26H42BrFN2O3. The summed E-state index contributed by atoms with van der Waals surface area (Å²) in [6.45, 7) is 17.2. The SMILES string of the molecule is CC.CC.CC.CC.CN(CC(=O)NCc1ccc2c(c1)OCO2)Cc1ccc(Br)cc1F. The molecule has 1 aliphatic heterocycles. The van der Waals surface area contributed by atoms with E-state index in [4.69, 9.17) is 9.47 Å². The zero-order valence-electron chi connectivity index (χ0n) is 21.7. The molecule has 0 fully saturated rings. The molecule has 2 aromatic rings. The van der Waals surface area contributed by atoms with Crippen molar-refractivity contribution in [2.24, 2.45) is 0 Å². The molecule has 0 aromatic heterocycles. The maximum absolute atomic E-state index is 13.8. The Balaban J connectivity index is 0. The summed E-state index contributed by atoms with van der Waals surface area (Å²) < 4.78 is 25.1. The Hall–Kier alpha value is -2.12. The van der Waals surface area contributed by atoms with Crippen molar-refractivity contribution in [1.82, 2.24) is 10.2 Å². The maximum atomic E-state index is 13.8. The molecule has 1 amide bonds. The van der Waals surface area contributed by atoms with Crippen LogP contribution in [0.2, 0.25) is 0 Å². The standard InChI is InChI=1S/C18H18BrFN2O3.4C2H6/c1-22(9-13-3-4-14(19)7-15(13)20)10-18(23)21-8-12-2-5-16-17(6-12)25-11-24-16;4*1-2/h2-7H,8-11H2,1H3,(H,21,23);4*1-2H3. The smallest absolute Gasteiger partial charge is 0.234 e. The van der Waals surface area contributed by atoms with Crippen molar-refractivity contribution < 1.29 is 18.7 Å². The Bertz CT molecular complexity index is 788. The van der Waals surface area contributed by atoms with E-state index in [2.05, 4.69) is 21.2 Å². The molecular weight excluding hydrogens is 487 g/mol. The molecule has 0 saturated carbocycles. The molecule has 33 heavy (non-hydrogen) atoms. The molecule has 0 saturated heterocycles. The minimum Gasteiger partial charge on any atom is -0.454 e. The molecule has 7 heteroatoms. The molecule has 188 valence electrons. The lowest BCUT2D eigenvalue weighted by molar-refractivity contribution is -0.122. The Labute approximate surface area is 208 Å². The van der Waals surface area contributed by atoms with Crippen molar-refractivity contribution >= 4 is 21.8 Å². The second kappa shape index (κ2) is 20.5. The fraction of sp³-hybridized carbons (Fsp3) is 0.500. The van der Waals surface area contributed by atoms with Gasteiger partial charge in [-0.1, -0.05) is 83.5 Å². The van der Waals surface area contributed by atoms with Crippen molar-refractivity contribution in [3.8, 4) is 11.5 Å². The number of fused-ring (bicyclic) bond motifs is 1. The van der Waals surface area contributed by atoms with Gasteiger partial charge in [0.25, 0.3) is 0 Å². The fourth-order valence-corrected chi connectivity index (χ4v) is 2.88. The first-order valence-corrected chi connectivity index (χ1v) is 12.6. The largest absolute Gasteiger partial charge is 0.454 e. The summed E-state index contributed by atoms with van der Waals surface area (Å²) in [5, 5.41) is 2.85. The van der Waals surface area contributed by atoms with Crippen LogP contribution in [0.1, 0.15) is 66.5 Å². The lowest BCUT2D eigenvalue weighted by Gasteiger charge is -2.17. The van der Waals surface area contributed by atoms with Gasteiger partial charge in [-0.15, -0.1) is 0 Å². The number of carbonyl (C=O) groups excluding carboxylic acids is 1. The summed E-state index contributed by atoms with van der Waals surface area (Å²) in [7, 11) is 1.78. The van der Waals surface area contributed by atoms with Gasteiger partial charge in [0.2, 0.25) is 12.7 Å². The van der Waals surface area contributed by atoms with Crippen LogP contribution in [0.15, 0.2) is 40.9 Å². The summed E-state index contributed by atoms with van der Waals surface area (Å²) >= 11 is 3.23. The number of nitrogens with zero attached hydrogens (tertiary/aromatic N) is 1.